The summed E-state index contributed by atoms with van der Waals surface area (Å²) in [5, 5.41) is 12.2. The molecule has 19 heavy (non-hydrogen) atoms. The minimum atomic E-state index is -0.0291. The molecule has 0 amide bonds. The smallest absolute Gasteiger partial charge is 0.232 e. The molecule has 0 saturated carbocycles. The van der Waals surface area contributed by atoms with Crippen molar-refractivity contribution in [1.82, 2.24) is 15.0 Å². The van der Waals surface area contributed by atoms with Crippen LogP contribution in [-0.4, -0.2) is 59.9 Å². The molecule has 1 aromatic rings. The molecule has 2 rings (SSSR count). The molecular formula is C12H22N6O. The number of nitrogens with zero attached hydrogens (tertiary/aromatic N) is 5. The number of anilines is 3. The van der Waals surface area contributed by atoms with Crippen LogP contribution in [0.5, 0.6) is 0 Å². The summed E-state index contributed by atoms with van der Waals surface area (Å²) in [7, 11) is 3.67. The average Bonchev–Trinajstić information content (AvgIpc) is 2.99. The van der Waals surface area contributed by atoms with Crippen LogP contribution in [0.15, 0.2) is 0 Å². The summed E-state index contributed by atoms with van der Waals surface area (Å²) >= 11 is 0. The molecule has 2 heterocycles. The minimum absolute atomic E-state index is 0.0291. The molecule has 1 fully saturated rings. The molecule has 1 saturated heterocycles. The number of nitrogens with one attached hydrogen (secondary N) is 1. The molecule has 1 atom stereocenters. The summed E-state index contributed by atoms with van der Waals surface area (Å²) in [5.74, 6) is 1.86. The Morgan fingerprint density at radius 3 is 2.58 bits per heavy atom. The van der Waals surface area contributed by atoms with Crippen LogP contribution in [0.3, 0.4) is 0 Å². The highest BCUT2D eigenvalue weighted by atomic mass is 16.3. The fourth-order valence-electron chi connectivity index (χ4n) is 2.00. The Morgan fingerprint density at radius 2 is 2.00 bits per heavy atom. The van der Waals surface area contributed by atoms with Gasteiger partial charge in [0.15, 0.2) is 0 Å². The van der Waals surface area contributed by atoms with E-state index >= 15 is 0 Å². The van der Waals surface area contributed by atoms with Crippen LogP contribution in [-0.2, 0) is 0 Å². The molecule has 2 N–H and O–H groups in total. The Kier molecular flexibility index (Phi) is 4.36. The number of aliphatic hydroxyl groups is 1. The first-order chi connectivity index (χ1) is 9.15. The van der Waals surface area contributed by atoms with E-state index < -0.39 is 0 Å². The molecule has 0 spiro atoms. The SMILES string of the molecule is CNc1nc(N2CCCC2)nc(N(C)C(C)CO)n1. The van der Waals surface area contributed by atoms with Gasteiger partial charge in [0.25, 0.3) is 0 Å². The second kappa shape index (κ2) is 6.01. The quantitative estimate of drug-likeness (QED) is 0.795. The van der Waals surface area contributed by atoms with Gasteiger partial charge in [0.1, 0.15) is 0 Å². The predicted molar refractivity (Wildman–Crippen MR) is 75.8 cm³/mol. The van der Waals surface area contributed by atoms with Gasteiger partial charge in [-0.05, 0) is 19.8 Å². The van der Waals surface area contributed by atoms with E-state index in [2.05, 4.69) is 25.2 Å². The van der Waals surface area contributed by atoms with Crippen molar-refractivity contribution in [2.75, 3.05) is 48.9 Å². The first-order valence-electron chi connectivity index (χ1n) is 6.68. The van der Waals surface area contributed by atoms with Crippen LogP contribution in [0.1, 0.15) is 19.8 Å². The van der Waals surface area contributed by atoms with Crippen molar-refractivity contribution in [3.63, 3.8) is 0 Å². The minimum Gasteiger partial charge on any atom is -0.394 e. The number of hydrogen-bond donors (Lipinski definition) is 2. The summed E-state index contributed by atoms with van der Waals surface area (Å²) in [4.78, 5) is 17.3. The highest BCUT2D eigenvalue weighted by molar-refractivity contribution is 5.45. The topological polar surface area (TPSA) is 77.4 Å². The van der Waals surface area contributed by atoms with Gasteiger partial charge in [-0.25, -0.2) is 0 Å². The van der Waals surface area contributed by atoms with Crippen LogP contribution in [0, 0.1) is 0 Å². The van der Waals surface area contributed by atoms with Crippen molar-refractivity contribution in [3.05, 3.63) is 0 Å². The van der Waals surface area contributed by atoms with Crippen LogP contribution in [0.2, 0.25) is 0 Å². The molecule has 7 heteroatoms. The van der Waals surface area contributed by atoms with E-state index in [4.69, 9.17) is 0 Å². The summed E-state index contributed by atoms with van der Waals surface area (Å²) in [6.07, 6.45) is 2.36. The molecule has 1 aliphatic heterocycles. The van der Waals surface area contributed by atoms with E-state index in [9.17, 15) is 5.11 Å². The van der Waals surface area contributed by atoms with E-state index in [1.54, 1.807) is 7.05 Å². The molecule has 7 nitrogen and oxygen atoms in total. The van der Waals surface area contributed by atoms with Crippen molar-refractivity contribution in [2.45, 2.75) is 25.8 Å². The third kappa shape index (κ3) is 3.04. The van der Waals surface area contributed by atoms with Gasteiger partial charge in [0.2, 0.25) is 17.8 Å². The normalized spacial score (nSPS) is 16.5. The lowest BCUT2D eigenvalue weighted by Gasteiger charge is -2.25. The van der Waals surface area contributed by atoms with Crippen LogP contribution in [0.25, 0.3) is 0 Å². The van der Waals surface area contributed by atoms with Crippen molar-refractivity contribution >= 4 is 17.8 Å². The van der Waals surface area contributed by atoms with Gasteiger partial charge in [0.05, 0.1) is 12.6 Å². The highest BCUT2D eigenvalue weighted by Crippen LogP contribution is 2.20. The number of aliphatic hydroxyl groups excluding tert-OH is 1. The Labute approximate surface area is 113 Å². The second-order valence-corrected chi connectivity index (χ2v) is 4.85. The van der Waals surface area contributed by atoms with E-state index in [-0.39, 0.29) is 12.6 Å². The zero-order valence-corrected chi connectivity index (χ0v) is 11.8. The molecule has 1 unspecified atom stereocenters. The molecular weight excluding hydrogens is 244 g/mol. The third-order valence-corrected chi connectivity index (χ3v) is 3.47. The first-order valence-corrected chi connectivity index (χ1v) is 6.68. The van der Waals surface area contributed by atoms with Crippen molar-refractivity contribution in [3.8, 4) is 0 Å². The molecule has 0 aliphatic carbocycles. The predicted octanol–water partition coefficient (Wildman–Crippen LogP) is 0.330. The first kappa shape index (κ1) is 13.8. The van der Waals surface area contributed by atoms with E-state index in [1.165, 1.54) is 12.8 Å². The van der Waals surface area contributed by atoms with Crippen molar-refractivity contribution in [2.24, 2.45) is 0 Å². The maximum absolute atomic E-state index is 9.23. The zero-order chi connectivity index (χ0) is 13.8. The Hall–Kier alpha value is -1.63. The standard InChI is InChI=1S/C12H22N6O/c1-9(8-19)17(3)11-14-10(13-2)15-12(16-11)18-6-4-5-7-18/h9,19H,4-8H2,1-3H3,(H,13,14,15,16). The van der Waals surface area contributed by atoms with E-state index in [0.717, 1.165) is 13.1 Å². The largest absolute Gasteiger partial charge is 0.394 e. The van der Waals surface area contributed by atoms with Gasteiger partial charge in [-0.2, -0.15) is 15.0 Å². The monoisotopic (exact) mass is 266 g/mol. The lowest BCUT2D eigenvalue weighted by Crippen LogP contribution is -2.34. The molecule has 0 radical (unpaired) electrons. The summed E-state index contributed by atoms with van der Waals surface area (Å²) < 4.78 is 0. The van der Waals surface area contributed by atoms with E-state index in [0.29, 0.717) is 17.8 Å². The van der Waals surface area contributed by atoms with Gasteiger partial charge in [0, 0.05) is 27.2 Å². The highest BCUT2D eigenvalue weighted by Gasteiger charge is 2.19. The van der Waals surface area contributed by atoms with Crippen molar-refractivity contribution in [1.29, 1.82) is 0 Å². The maximum Gasteiger partial charge on any atom is 0.232 e. The molecule has 1 aromatic heterocycles. The summed E-state index contributed by atoms with van der Waals surface area (Å²) in [6, 6.07) is -0.0291. The number of rotatable bonds is 5. The van der Waals surface area contributed by atoms with Gasteiger partial charge in [-0.15, -0.1) is 0 Å². The summed E-state index contributed by atoms with van der Waals surface area (Å²) in [5.41, 5.74) is 0. The Bertz CT molecular complexity index is 421. The fourth-order valence-corrected chi connectivity index (χ4v) is 2.00. The van der Waals surface area contributed by atoms with Crippen LogP contribution >= 0.6 is 0 Å². The van der Waals surface area contributed by atoms with E-state index in [1.807, 2.05) is 18.9 Å². The van der Waals surface area contributed by atoms with Crippen LogP contribution < -0.4 is 15.1 Å². The number of hydrogen-bond acceptors (Lipinski definition) is 7. The lowest BCUT2D eigenvalue weighted by molar-refractivity contribution is 0.269. The Balaban J connectivity index is 2.29. The lowest BCUT2D eigenvalue weighted by atomic mass is 10.3. The zero-order valence-electron chi connectivity index (χ0n) is 11.8. The van der Waals surface area contributed by atoms with Crippen LogP contribution in [0.4, 0.5) is 17.8 Å². The molecule has 0 bridgehead atoms. The average molecular weight is 266 g/mol. The maximum atomic E-state index is 9.23. The number of aromatic nitrogens is 3. The van der Waals surface area contributed by atoms with Gasteiger partial charge >= 0.3 is 0 Å². The molecule has 0 aromatic carbocycles. The third-order valence-electron chi connectivity index (χ3n) is 3.47. The Morgan fingerprint density at radius 1 is 1.32 bits per heavy atom. The van der Waals surface area contributed by atoms with Gasteiger partial charge in [-0.1, -0.05) is 0 Å². The van der Waals surface area contributed by atoms with Gasteiger partial charge in [-0.3, -0.25) is 0 Å². The fraction of sp³-hybridized carbons (Fsp3) is 0.750. The summed E-state index contributed by atoms with van der Waals surface area (Å²) in [6.45, 7) is 3.98. The van der Waals surface area contributed by atoms with Gasteiger partial charge < -0.3 is 20.2 Å². The second-order valence-electron chi connectivity index (χ2n) is 4.85. The molecule has 106 valence electrons. The number of likely N-dealkylation sites (N-methyl/N-ethyl adjacent to an activating group) is 1. The molecule has 1 aliphatic rings. The van der Waals surface area contributed by atoms with Crippen molar-refractivity contribution < 1.29 is 5.11 Å².